The van der Waals surface area contributed by atoms with E-state index < -0.39 is 12.3 Å². The minimum atomic E-state index is -0.954. The zero-order valence-corrected chi connectivity index (χ0v) is 27.6. The molecule has 1 amide bonds. The van der Waals surface area contributed by atoms with Crippen LogP contribution in [0, 0.1) is 23.2 Å². The molecule has 1 aliphatic heterocycles. The largest absolute Gasteiger partial charge is 0.372 e. The van der Waals surface area contributed by atoms with Crippen LogP contribution in [0.3, 0.4) is 0 Å². The molecule has 3 fully saturated rings. The highest BCUT2D eigenvalue weighted by Crippen LogP contribution is 2.57. The molecule has 7 nitrogen and oxygen atoms in total. The molecule has 0 aromatic heterocycles. The van der Waals surface area contributed by atoms with Gasteiger partial charge >= 0.3 is 0 Å². The highest BCUT2D eigenvalue weighted by molar-refractivity contribution is 7.38. The number of ether oxygens (including phenoxy) is 2. The number of nitrogens with two attached hydrogens (primary N) is 1. The van der Waals surface area contributed by atoms with Gasteiger partial charge in [0, 0.05) is 24.8 Å². The van der Waals surface area contributed by atoms with Crippen LogP contribution in [0.4, 0.5) is 0 Å². The van der Waals surface area contributed by atoms with Crippen molar-refractivity contribution in [2.45, 2.75) is 148 Å². The monoisotopic (exact) mass is 596 g/mol. The lowest BCUT2D eigenvalue weighted by atomic mass is 9.68. The predicted octanol–water partition coefficient (Wildman–Crippen LogP) is 5.94. The van der Waals surface area contributed by atoms with Gasteiger partial charge in [-0.2, -0.15) is 0 Å². The van der Waals surface area contributed by atoms with Gasteiger partial charge in [0.05, 0.1) is 24.4 Å². The summed E-state index contributed by atoms with van der Waals surface area (Å²) in [5, 5.41) is 13.2. The topological polar surface area (TPSA) is 111 Å². The molecule has 238 valence electrons. The lowest BCUT2D eigenvalue weighted by Crippen LogP contribution is -2.47. The average molecular weight is 597 g/mol. The Bertz CT molecular complexity index is 796. The van der Waals surface area contributed by atoms with E-state index in [2.05, 4.69) is 33.0 Å². The Hall–Kier alpha value is -0.590. The number of ketones is 1. The number of unbranched alkanes of at least 4 members (excludes halogenated alkanes) is 1. The fourth-order valence-corrected chi connectivity index (χ4v) is 9.43. The van der Waals surface area contributed by atoms with Crippen LogP contribution in [0.15, 0.2) is 0 Å². The van der Waals surface area contributed by atoms with E-state index in [9.17, 15) is 14.7 Å². The van der Waals surface area contributed by atoms with Crippen molar-refractivity contribution in [3.8, 4) is 0 Å². The highest BCUT2D eigenvalue weighted by Gasteiger charge is 2.55. The molecule has 41 heavy (non-hydrogen) atoms. The van der Waals surface area contributed by atoms with E-state index in [-0.39, 0.29) is 35.5 Å². The van der Waals surface area contributed by atoms with Crippen LogP contribution in [0.2, 0.25) is 0 Å². The van der Waals surface area contributed by atoms with Crippen molar-refractivity contribution in [2.75, 3.05) is 25.5 Å². The molecule has 7 unspecified atom stereocenters. The number of amides is 1. The van der Waals surface area contributed by atoms with Crippen LogP contribution in [0.5, 0.6) is 0 Å². The maximum absolute atomic E-state index is 13.4. The zero-order chi connectivity index (χ0) is 29.9. The Morgan fingerprint density at radius 1 is 1.07 bits per heavy atom. The molecule has 3 rings (SSSR count). The number of rotatable bonds is 16. The van der Waals surface area contributed by atoms with Gasteiger partial charge in [-0.3, -0.25) is 9.59 Å². The molecule has 4 N–H and O–H groups in total. The van der Waals surface area contributed by atoms with Crippen LogP contribution in [-0.2, 0) is 19.1 Å². The Kier molecular flexibility index (Phi) is 14.5. The number of fused-ring (bicyclic) bond motifs is 2. The molecule has 3 aliphatic rings. The SMILES string of the molecule is CC1C2CPCC(C2)C1(C)C(=O)C(N)CCCCNC(=O)CCC(O)OCCC(C)(C)OC1CCCCCCCC1. The van der Waals surface area contributed by atoms with Crippen LogP contribution in [-0.4, -0.2) is 66.3 Å². The highest BCUT2D eigenvalue weighted by atomic mass is 31.1. The van der Waals surface area contributed by atoms with Crippen molar-refractivity contribution >= 4 is 20.3 Å². The molecule has 1 heterocycles. The summed E-state index contributed by atoms with van der Waals surface area (Å²) in [6.45, 7) is 9.61. The van der Waals surface area contributed by atoms with E-state index >= 15 is 0 Å². The van der Waals surface area contributed by atoms with Gasteiger partial charge in [0.15, 0.2) is 12.1 Å². The number of aliphatic hydroxyl groups excluding tert-OH is 1. The Morgan fingerprint density at radius 3 is 2.44 bits per heavy atom. The van der Waals surface area contributed by atoms with Crippen LogP contribution in [0.25, 0.3) is 0 Å². The fourth-order valence-electron chi connectivity index (χ4n) is 7.44. The summed E-state index contributed by atoms with van der Waals surface area (Å²) >= 11 is 0. The summed E-state index contributed by atoms with van der Waals surface area (Å²) in [4.78, 5) is 25.6. The molecule has 0 radical (unpaired) electrons. The van der Waals surface area contributed by atoms with E-state index in [4.69, 9.17) is 15.2 Å². The van der Waals surface area contributed by atoms with Crippen LogP contribution >= 0.6 is 8.58 Å². The molecule has 2 aliphatic carbocycles. The number of carbonyl (C=O) groups is 2. The molecular weight excluding hydrogens is 535 g/mol. The normalized spacial score (nSPS) is 29.9. The number of Topliss-reactive ketones (excluding diaryl/α,β-unsaturated/α-hetero) is 1. The Balaban J connectivity index is 1.23. The van der Waals surface area contributed by atoms with Crippen molar-refractivity contribution < 1.29 is 24.2 Å². The molecule has 0 spiro atoms. The molecule has 2 bridgehead atoms. The molecule has 8 heteroatoms. The second-order valence-corrected chi connectivity index (χ2v) is 15.4. The van der Waals surface area contributed by atoms with E-state index in [0.717, 1.165) is 34.3 Å². The van der Waals surface area contributed by atoms with Gasteiger partial charge in [-0.15, -0.1) is 8.58 Å². The van der Waals surface area contributed by atoms with Gasteiger partial charge in [0.1, 0.15) is 0 Å². The smallest absolute Gasteiger partial charge is 0.220 e. The summed E-state index contributed by atoms with van der Waals surface area (Å²) in [6, 6.07) is -0.412. The van der Waals surface area contributed by atoms with Gasteiger partial charge in [-0.05, 0) is 88.9 Å². The van der Waals surface area contributed by atoms with Gasteiger partial charge < -0.3 is 25.6 Å². The summed E-state index contributed by atoms with van der Waals surface area (Å²) in [5.74, 6) is 1.80. The minimum absolute atomic E-state index is 0.0858. The van der Waals surface area contributed by atoms with E-state index in [0.29, 0.717) is 49.9 Å². The van der Waals surface area contributed by atoms with Gasteiger partial charge in [0.25, 0.3) is 0 Å². The first-order valence-electron chi connectivity index (χ1n) is 16.8. The Morgan fingerprint density at radius 2 is 1.76 bits per heavy atom. The summed E-state index contributed by atoms with van der Waals surface area (Å²) in [7, 11) is 0.995. The van der Waals surface area contributed by atoms with Crippen molar-refractivity contribution in [3.05, 3.63) is 0 Å². The first-order valence-corrected chi connectivity index (χ1v) is 18.2. The fraction of sp³-hybridized carbons (Fsp3) is 0.939. The van der Waals surface area contributed by atoms with Crippen molar-refractivity contribution in [1.29, 1.82) is 0 Å². The number of hydrogen-bond acceptors (Lipinski definition) is 6. The molecular formula is C33H61N2O5P. The standard InChI is InChI=1S/C33H61N2O5P/c1-24-25-21-26(23-41-22-25)33(24,4)31(38)28(34)15-11-12-19-35-29(36)16-17-30(37)39-20-18-32(2,3)40-27-13-9-7-5-6-8-10-14-27/h24-28,30,37,41H,5-23,34H2,1-4H3,(H,35,36). The van der Waals surface area contributed by atoms with Crippen LogP contribution < -0.4 is 11.1 Å². The minimum Gasteiger partial charge on any atom is -0.372 e. The summed E-state index contributed by atoms with van der Waals surface area (Å²) in [6.07, 6.45) is 16.5. The zero-order valence-electron chi connectivity index (χ0n) is 26.6. The molecule has 1 saturated heterocycles. The van der Waals surface area contributed by atoms with Crippen molar-refractivity contribution in [2.24, 2.45) is 28.9 Å². The van der Waals surface area contributed by atoms with Crippen LogP contribution in [0.1, 0.15) is 124 Å². The third-order valence-electron chi connectivity index (χ3n) is 10.4. The van der Waals surface area contributed by atoms with Crippen molar-refractivity contribution in [1.82, 2.24) is 5.32 Å². The first kappa shape index (κ1) is 34.9. The van der Waals surface area contributed by atoms with Gasteiger partial charge in [-0.25, -0.2) is 0 Å². The summed E-state index contributed by atoms with van der Waals surface area (Å²) in [5.41, 5.74) is 5.84. The van der Waals surface area contributed by atoms with Gasteiger partial charge in [0.2, 0.25) is 5.91 Å². The number of hydrogen-bond donors (Lipinski definition) is 3. The molecule has 7 atom stereocenters. The maximum atomic E-state index is 13.4. The maximum Gasteiger partial charge on any atom is 0.220 e. The Labute approximate surface area is 252 Å². The first-order chi connectivity index (χ1) is 19.5. The number of nitrogens with one attached hydrogen (secondary N) is 1. The third kappa shape index (κ3) is 10.8. The average Bonchev–Trinajstić information content (AvgIpc) is 3.20. The predicted molar refractivity (Wildman–Crippen MR) is 168 cm³/mol. The summed E-state index contributed by atoms with van der Waals surface area (Å²) < 4.78 is 12.0. The quantitative estimate of drug-likeness (QED) is 0.116. The van der Waals surface area contributed by atoms with E-state index in [1.807, 2.05) is 0 Å². The van der Waals surface area contributed by atoms with E-state index in [1.165, 1.54) is 57.3 Å². The van der Waals surface area contributed by atoms with Crippen molar-refractivity contribution in [3.63, 3.8) is 0 Å². The number of carbonyl (C=O) groups excluding carboxylic acids is 2. The third-order valence-corrected chi connectivity index (χ3v) is 12.0. The second-order valence-electron chi connectivity index (χ2n) is 14.1. The molecule has 2 saturated carbocycles. The lowest BCUT2D eigenvalue weighted by molar-refractivity contribution is -0.139. The van der Waals surface area contributed by atoms with Gasteiger partial charge in [-0.1, -0.05) is 52.4 Å². The number of aliphatic hydroxyl groups is 1. The lowest BCUT2D eigenvalue weighted by Gasteiger charge is -2.35. The molecule has 0 aromatic carbocycles. The molecule has 0 aromatic rings. The van der Waals surface area contributed by atoms with E-state index in [1.54, 1.807) is 0 Å². The second kappa shape index (κ2) is 17.0.